The van der Waals surface area contributed by atoms with Crippen molar-refractivity contribution < 1.29 is 18.8 Å². The van der Waals surface area contributed by atoms with E-state index in [1.165, 1.54) is 11.8 Å². The zero-order valence-corrected chi connectivity index (χ0v) is 26.3. The Hall–Kier alpha value is -5.64. The standard InChI is InChI=1S/C37H27ClN4O4S/c38-27-11-6-8-24(20-27)21-32(41-35(44)25-9-2-1-3-10-25)36(45)40-29-12-7-13-30(22-29)47-23-34(43)39-28-18-16-26(17-19-28)37-42-31-14-4-5-15-33(31)46-37/h1-22H,23H2,(H,39,43)(H,40,45)(H,41,44)/b32-21-. The van der Waals surface area contributed by atoms with Crippen LogP contribution in [-0.2, 0) is 9.59 Å². The van der Waals surface area contributed by atoms with Gasteiger partial charge in [0.15, 0.2) is 5.58 Å². The van der Waals surface area contributed by atoms with Gasteiger partial charge in [-0.2, -0.15) is 0 Å². The molecular weight excluding hydrogens is 632 g/mol. The number of anilines is 2. The van der Waals surface area contributed by atoms with Crippen LogP contribution in [0.15, 0.2) is 142 Å². The Morgan fingerprint density at radius 2 is 1.53 bits per heavy atom. The Morgan fingerprint density at radius 3 is 2.32 bits per heavy atom. The first-order valence-electron chi connectivity index (χ1n) is 14.5. The number of oxazole rings is 1. The summed E-state index contributed by atoms with van der Waals surface area (Å²) >= 11 is 7.47. The van der Waals surface area contributed by atoms with Gasteiger partial charge in [0.1, 0.15) is 11.2 Å². The third-order valence-electron chi connectivity index (χ3n) is 6.86. The molecule has 0 bridgehead atoms. The van der Waals surface area contributed by atoms with Crippen LogP contribution in [0, 0.1) is 0 Å². The third kappa shape index (κ3) is 8.35. The highest BCUT2D eigenvalue weighted by molar-refractivity contribution is 8.00. The van der Waals surface area contributed by atoms with Gasteiger partial charge in [-0.15, -0.1) is 11.8 Å². The zero-order chi connectivity index (χ0) is 32.6. The maximum Gasteiger partial charge on any atom is 0.272 e. The Balaban J connectivity index is 1.08. The molecule has 0 aliphatic carbocycles. The van der Waals surface area contributed by atoms with Crippen LogP contribution in [0.5, 0.6) is 0 Å². The number of carbonyl (C=O) groups is 3. The predicted octanol–water partition coefficient (Wildman–Crippen LogP) is 8.29. The van der Waals surface area contributed by atoms with E-state index in [0.29, 0.717) is 39.0 Å². The van der Waals surface area contributed by atoms with Gasteiger partial charge in [0.2, 0.25) is 11.8 Å². The SMILES string of the molecule is O=C(CSc1cccc(NC(=O)/C(=C/c2cccc(Cl)c2)NC(=O)c2ccccc2)c1)Nc1ccc(-c2nc3ccccc3o2)cc1. The first kappa shape index (κ1) is 31.3. The fourth-order valence-electron chi connectivity index (χ4n) is 4.61. The van der Waals surface area contributed by atoms with Crippen molar-refractivity contribution in [3.8, 4) is 11.5 Å². The van der Waals surface area contributed by atoms with Crippen molar-refractivity contribution in [1.82, 2.24) is 10.3 Å². The number of nitrogens with one attached hydrogen (secondary N) is 3. The predicted molar refractivity (Wildman–Crippen MR) is 187 cm³/mol. The number of thioether (sulfide) groups is 1. The minimum Gasteiger partial charge on any atom is -0.436 e. The second-order valence-electron chi connectivity index (χ2n) is 10.3. The number of para-hydroxylation sites is 2. The normalized spacial score (nSPS) is 11.2. The number of hydrogen-bond donors (Lipinski definition) is 3. The second-order valence-corrected chi connectivity index (χ2v) is 11.8. The molecule has 232 valence electrons. The molecule has 0 saturated heterocycles. The van der Waals surface area contributed by atoms with Crippen molar-refractivity contribution in [3.63, 3.8) is 0 Å². The van der Waals surface area contributed by atoms with Gasteiger partial charge in [0.05, 0.1) is 5.75 Å². The number of nitrogens with zero attached hydrogens (tertiary/aromatic N) is 1. The third-order valence-corrected chi connectivity index (χ3v) is 8.09. The maximum absolute atomic E-state index is 13.4. The fraction of sp³-hybridized carbons (Fsp3) is 0.0270. The molecule has 8 nitrogen and oxygen atoms in total. The molecule has 6 aromatic rings. The van der Waals surface area contributed by atoms with E-state index in [1.54, 1.807) is 91.0 Å². The summed E-state index contributed by atoms with van der Waals surface area (Å²) in [4.78, 5) is 44.3. The molecule has 0 spiro atoms. The van der Waals surface area contributed by atoms with E-state index in [9.17, 15) is 14.4 Å². The van der Waals surface area contributed by atoms with Crippen molar-refractivity contribution in [2.45, 2.75) is 4.90 Å². The van der Waals surface area contributed by atoms with E-state index in [0.717, 1.165) is 16.0 Å². The molecule has 0 fully saturated rings. The maximum atomic E-state index is 13.4. The largest absolute Gasteiger partial charge is 0.436 e. The highest BCUT2D eigenvalue weighted by atomic mass is 35.5. The highest BCUT2D eigenvalue weighted by Gasteiger charge is 2.16. The molecule has 0 radical (unpaired) electrons. The van der Waals surface area contributed by atoms with Gasteiger partial charge in [-0.05, 0) is 90.5 Å². The molecule has 1 heterocycles. The molecule has 3 N–H and O–H groups in total. The highest BCUT2D eigenvalue weighted by Crippen LogP contribution is 2.26. The minimum atomic E-state index is -0.518. The molecule has 5 aromatic carbocycles. The molecular formula is C37H27ClN4O4S. The van der Waals surface area contributed by atoms with Gasteiger partial charge in [0.25, 0.3) is 11.8 Å². The lowest BCUT2D eigenvalue weighted by atomic mass is 10.1. The van der Waals surface area contributed by atoms with Crippen LogP contribution in [-0.4, -0.2) is 28.5 Å². The van der Waals surface area contributed by atoms with E-state index in [1.807, 2.05) is 42.5 Å². The number of fused-ring (bicyclic) bond motifs is 1. The van der Waals surface area contributed by atoms with Gasteiger partial charge in [-0.1, -0.05) is 60.1 Å². The summed E-state index contributed by atoms with van der Waals surface area (Å²) in [6.07, 6.45) is 1.56. The first-order chi connectivity index (χ1) is 22.9. The Morgan fingerprint density at radius 1 is 0.766 bits per heavy atom. The van der Waals surface area contributed by atoms with E-state index in [-0.39, 0.29) is 17.4 Å². The minimum absolute atomic E-state index is 0.0423. The van der Waals surface area contributed by atoms with Crippen LogP contribution in [0.3, 0.4) is 0 Å². The van der Waals surface area contributed by atoms with E-state index in [4.69, 9.17) is 16.0 Å². The topological polar surface area (TPSA) is 113 Å². The number of amides is 3. The Labute approximate surface area is 279 Å². The van der Waals surface area contributed by atoms with E-state index >= 15 is 0 Å². The molecule has 3 amide bonds. The lowest BCUT2D eigenvalue weighted by molar-refractivity contribution is -0.114. The lowest BCUT2D eigenvalue weighted by Gasteiger charge is -2.12. The van der Waals surface area contributed by atoms with Gasteiger partial charge >= 0.3 is 0 Å². The zero-order valence-electron chi connectivity index (χ0n) is 24.8. The van der Waals surface area contributed by atoms with Crippen LogP contribution < -0.4 is 16.0 Å². The lowest BCUT2D eigenvalue weighted by Crippen LogP contribution is -2.30. The summed E-state index contributed by atoms with van der Waals surface area (Å²) in [5.41, 5.74) is 4.54. The van der Waals surface area contributed by atoms with Gasteiger partial charge in [-0.25, -0.2) is 4.98 Å². The average Bonchev–Trinajstić information content (AvgIpc) is 3.52. The van der Waals surface area contributed by atoms with Gasteiger partial charge < -0.3 is 20.4 Å². The monoisotopic (exact) mass is 658 g/mol. The molecule has 1 aromatic heterocycles. The summed E-state index contributed by atoms with van der Waals surface area (Å²) in [5.74, 6) is -0.468. The molecule has 0 saturated carbocycles. The molecule has 6 rings (SSSR count). The quantitative estimate of drug-likeness (QED) is 0.101. The molecule has 0 atom stereocenters. The average molecular weight is 659 g/mol. The molecule has 0 unspecified atom stereocenters. The van der Waals surface area contributed by atoms with Crippen molar-refractivity contribution in [2.75, 3.05) is 16.4 Å². The number of rotatable bonds is 10. The molecule has 47 heavy (non-hydrogen) atoms. The summed E-state index contributed by atoms with van der Waals surface area (Å²) in [5, 5.41) is 8.96. The Bertz CT molecular complexity index is 2060. The number of hydrogen-bond acceptors (Lipinski definition) is 6. The fourth-order valence-corrected chi connectivity index (χ4v) is 5.56. The number of aromatic nitrogens is 1. The Kier molecular flexibility index (Phi) is 9.76. The van der Waals surface area contributed by atoms with Crippen LogP contribution >= 0.6 is 23.4 Å². The van der Waals surface area contributed by atoms with Crippen LogP contribution in [0.25, 0.3) is 28.6 Å². The van der Waals surface area contributed by atoms with Crippen LogP contribution in [0.1, 0.15) is 15.9 Å². The van der Waals surface area contributed by atoms with Crippen molar-refractivity contribution in [2.24, 2.45) is 0 Å². The number of carbonyl (C=O) groups excluding carboxylic acids is 3. The number of benzene rings is 5. The number of halogens is 1. The van der Waals surface area contributed by atoms with Crippen molar-refractivity contribution in [1.29, 1.82) is 0 Å². The van der Waals surface area contributed by atoms with Crippen molar-refractivity contribution >= 4 is 69.6 Å². The van der Waals surface area contributed by atoms with Gasteiger partial charge in [-0.3, -0.25) is 14.4 Å². The molecule has 0 aliphatic rings. The van der Waals surface area contributed by atoms with Gasteiger partial charge in [0, 0.05) is 32.4 Å². The van der Waals surface area contributed by atoms with Crippen LogP contribution in [0.4, 0.5) is 11.4 Å². The summed E-state index contributed by atoms with van der Waals surface area (Å²) in [6, 6.07) is 37.6. The first-order valence-corrected chi connectivity index (χ1v) is 15.9. The molecule has 0 aliphatic heterocycles. The van der Waals surface area contributed by atoms with Crippen LogP contribution in [0.2, 0.25) is 5.02 Å². The second kappa shape index (κ2) is 14.6. The summed E-state index contributed by atoms with van der Waals surface area (Å²) in [6.45, 7) is 0. The smallest absolute Gasteiger partial charge is 0.272 e. The summed E-state index contributed by atoms with van der Waals surface area (Å²) in [7, 11) is 0. The van der Waals surface area contributed by atoms with E-state index in [2.05, 4.69) is 20.9 Å². The van der Waals surface area contributed by atoms with Crippen molar-refractivity contribution in [3.05, 3.63) is 149 Å². The summed E-state index contributed by atoms with van der Waals surface area (Å²) < 4.78 is 5.82. The molecule has 10 heteroatoms. The van der Waals surface area contributed by atoms with E-state index < -0.39 is 11.8 Å².